The number of nitrogens with one attached hydrogen (secondary N) is 2. The summed E-state index contributed by atoms with van der Waals surface area (Å²) in [4.78, 5) is 13.4. The third-order valence-corrected chi connectivity index (χ3v) is 5.33. The highest BCUT2D eigenvalue weighted by Crippen LogP contribution is 2.34. The van der Waals surface area contributed by atoms with Crippen molar-refractivity contribution in [3.05, 3.63) is 89.5 Å². The Morgan fingerprint density at radius 3 is 2.63 bits per heavy atom. The van der Waals surface area contributed by atoms with Gasteiger partial charge in [-0.15, -0.1) is 0 Å². The van der Waals surface area contributed by atoms with E-state index in [0.29, 0.717) is 18.0 Å². The Hall–Kier alpha value is -3.31. The summed E-state index contributed by atoms with van der Waals surface area (Å²) in [6, 6.07) is 23.0. The van der Waals surface area contributed by atoms with Crippen molar-refractivity contribution in [1.29, 1.82) is 0 Å². The molecule has 154 valence electrons. The molecule has 0 bridgehead atoms. The number of rotatable bonds is 6. The summed E-state index contributed by atoms with van der Waals surface area (Å²) in [6.45, 7) is 2.60. The highest BCUT2D eigenvalue weighted by molar-refractivity contribution is 5.97. The van der Waals surface area contributed by atoms with E-state index in [9.17, 15) is 4.79 Å². The van der Waals surface area contributed by atoms with E-state index < -0.39 is 6.04 Å². The van der Waals surface area contributed by atoms with E-state index in [1.807, 2.05) is 73.7 Å². The normalized spacial score (nSPS) is 16.1. The molecule has 0 spiro atoms. The fourth-order valence-electron chi connectivity index (χ4n) is 3.81. The number of hydrogen-bond donors (Lipinski definition) is 2. The monoisotopic (exact) mass is 402 g/mol. The lowest BCUT2D eigenvalue weighted by Crippen LogP contribution is -2.37. The van der Waals surface area contributed by atoms with E-state index in [4.69, 9.17) is 9.47 Å². The lowest BCUT2D eigenvalue weighted by molar-refractivity contribution is -0.118. The molecule has 0 aromatic heterocycles. The van der Waals surface area contributed by atoms with Crippen molar-refractivity contribution >= 4 is 11.6 Å². The predicted octanol–water partition coefficient (Wildman–Crippen LogP) is 4.80. The quantitative estimate of drug-likeness (QED) is 0.622. The molecule has 1 aliphatic heterocycles. The summed E-state index contributed by atoms with van der Waals surface area (Å²) in [5.74, 6) is 1.38. The van der Waals surface area contributed by atoms with Crippen LogP contribution in [0.3, 0.4) is 0 Å². The van der Waals surface area contributed by atoms with Crippen LogP contribution >= 0.6 is 0 Å². The largest absolute Gasteiger partial charge is 0.495 e. The average Bonchev–Trinajstić information content (AvgIpc) is 2.78. The van der Waals surface area contributed by atoms with E-state index >= 15 is 0 Å². The van der Waals surface area contributed by atoms with Crippen molar-refractivity contribution in [3.63, 3.8) is 0 Å². The Balaban J connectivity index is 1.63. The van der Waals surface area contributed by atoms with Gasteiger partial charge < -0.3 is 14.8 Å². The van der Waals surface area contributed by atoms with Crippen LogP contribution in [0.25, 0.3) is 0 Å². The van der Waals surface area contributed by atoms with Gasteiger partial charge in [0.15, 0.2) is 0 Å². The molecule has 2 atom stereocenters. The Morgan fingerprint density at radius 2 is 1.83 bits per heavy atom. The van der Waals surface area contributed by atoms with Crippen molar-refractivity contribution in [3.8, 4) is 11.5 Å². The average molecular weight is 402 g/mol. The molecular weight excluding hydrogens is 376 g/mol. The van der Waals surface area contributed by atoms with Crippen LogP contribution in [-0.4, -0.2) is 19.6 Å². The van der Waals surface area contributed by atoms with Crippen LogP contribution < -0.4 is 20.1 Å². The third kappa shape index (κ3) is 4.31. The molecule has 0 saturated heterocycles. The minimum atomic E-state index is -0.521. The van der Waals surface area contributed by atoms with Gasteiger partial charge in [0.25, 0.3) is 0 Å². The van der Waals surface area contributed by atoms with Crippen LogP contribution in [0.1, 0.15) is 35.2 Å². The minimum absolute atomic E-state index is 0.0188. The Morgan fingerprint density at radius 1 is 1.07 bits per heavy atom. The SMILES string of the molecule is COc1ccc(C)cc1NC(=O)[C@@H](N[C@H]1CCOc2ccccc21)c1ccccc1. The summed E-state index contributed by atoms with van der Waals surface area (Å²) in [7, 11) is 1.60. The van der Waals surface area contributed by atoms with Gasteiger partial charge in [0.1, 0.15) is 17.5 Å². The van der Waals surface area contributed by atoms with Crippen LogP contribution in [0.4, 0.5) is 5.69 Å². The van der Waals surface area contributed by atoms with E-state index in [2.05, 4.69) is 16.7 Å². The van der Waals surface area contributed by atoms with Gasteiger partial charge in [0, 0.05) is 18.0 Å². The molecule has 0 radical (unpaired) electrons. The number of ether oxygens (including phenoxy) is 2. The van der Waals surface area contributed by atoms with Gasteiger partial charge in [-0.3, -0.25) is 10.1 Å². The molecule has 0 aliphatic carbocycles. The molecule has 3 aromatic rings. The first-order chi connectivity index (χ1) is 14.7. The zero-order valence-corrected chi connectivity index (χ0v) is 17.2. The molecule has 0 saturated carbocycles. The second kappa shape index (κ2) is 9.01. The number of amides is 1. The first kappa shape index (κ1) is 20.0. The lowest BCUT2D eigenvalue weighted by atomic mass is 9.97. The van der Waals surface area contributed by atoms with Crippen molar-refractivity contribution in [2.75, 3.05) is 19.0 Å². The highest BCUT2D eigenvalue weighted by Gasteiger charge is 2.28. The van der Waals surface area contributed by atoms with E-state index in [-0.39, 0.29) is 11.9 Å². The summed E-state index contributed by atoms with van der Waals surface area (Å²) in [5.41, 5.74) is 3.70. The number of aryl methyl sites for hydroxylation is 1. The molecule has 3 aromatic carbocycles. The lowest BCUT2D eigenvalue weighted by Gasteiger charge is -2.30. The number of fused-ring (bicyclic) bond motifs is 1. The van der Waals surface area contributed by atoms with Crippen molar-refractivity contribution in [2.45, 2.75) is 25.4 Å². The fourth-order valence-corrected chi connectivity index (χ4v) is 3.81. The Kier molecular flexibility index (Phi) is 6.00. The molecule has 1 amide bonds. The molecule has 1 heterocycles. The number of carbonyl (C=O) groups is 1. The predicted molar refractivity (Wildman–Crippen MR) is 118 cm³/mol. The fraction of sp³-hybridized carbons (Fsp3) is 0.240. The summed E-state index contributed by atoms with van der Waals surface area (Å²) >= 11 is 0. The first-order valence-electron chi connectivity index (χ1n) is 10.1. The summed E-state index contributed by atoms with van der Waals surface area (Å²) in [5, 5.41) is 6.62. The second-order valence-corrected chi connectivity index (χ2v) is 7.43. The molecule has 5 nitrogen and oxygen atoms in total. The van der Waals surface area contributed by atoms with Gasteiger partial charge in [-0.2, -0.15) is 0 Å². The van der Waals surface area contributed by atoms with Gasteiger partial charge in [0.05, 0.1) is 19.4 Å². The maximum atomic E-state index is 13.4. The number of carbonyl (C=O) groups excluding carboxylic acids is 1. The Bertz CT molecular complexity index is 1020. The zero-order valence-electron chi connectivity index (χ0n) is 17.2. The third-order valence-electron chi connectivity index (χ3n) is 5.33. The van der Waals surface area contributed by atoms with Crippen molar-refractivity contribution in [2.24, 2.45) is 0 Å². The molecule has 0 fully saturated rings. The number of methoxy groups -OCH3 is 1. The van der Waals surface area contributed by atoms with E-state index in [1.165, 1.54) is 0 Å². The molecule has 0 unspecified atom stereocenters. The van der Waals surface area contributed by atoms with Crippen LogP contribution in [0, 0.1) is 6.92 Å². The molecule has 2 N–H and O–H groups in total. The van der Waals surface area contributed by atoms with Crippen LogP contribution in [0.5, 0.6) is 11.5 Å². The van der Waals surface area contributed by atoms with Crippen LogP contribution in [-0.2, 0) is 4.79 Å². The summed E-state index contributed by atoms with van der Waals surface area (Å²) < 4.78 is 11.2. The second-order valence-electron chi connectivity index (χ2n) is 7.43. The minimum Gasteiger partial charge on any atom is -0.495 e. The molecule has 1 aliphatic rings. The maximum absolute atomic E-state index is 13.4. The van der Waals surface area contributed by atoms with Gasteiger partial charge in [-0.1, -0.05) is 54.6 Å². The van der Waals surface area contributed by atoms with Gasteiger partial charge in [-0.25, -0.2) is 0 Å². The standard InChI is InChI=1S/C25H26N2O3/c1-17-12-13-23(29-2)21(16-17)27-25(28)24(18-8-4-3-5-9-18)26-20-14-15-30-22-11-7-6-10-19(20)22/h3-13,16,20,24,26H,14-15H2,1-2H3,(H,27,28)/t20-,24-/m0/s1. The topological polar surface area (TPSA) is 59.6 Å². The van der Waals surface area contributed by atoms with Gasteiger partial charge >= 0.3 is 0 Å². The molecular formula is C25H26N2O3. The van der Waals surface area contributed by atoms with Crippen LogP contribution in [0.2, 0.25) is 0 Å². The molecule has 4 rings (SSSR count). The first-order valence-corrected chi connectivity index (χ1v) is 10.1. The zero-order chi connectivity index (χ0) is 20.9. The highest BCUT2D eigenvalue weighted by atomic mass is 16.5. The smallest absolute Gasteiger partial charge is 0.246 e. The number of para-hydroxylation sites is 1. The van der Waals surface area contributed by atoms with Gasteiger partial charge in [-0.05, 0) is 36.2 Å². The molecule has 30 heavy (non-hydrogen) atoms. The summed E-state index contributed by atoms with van der Waals surface area (Å²) in [6.07, 6.45) is 0.793. The molecule has 5 heteroatoms. The number of hydrogen-bond acceptors (Lipinski definition) is 4. The number of anilines is 1. The maximum Gasteiger partial charge on any atom is 0.246 e. The van der Waals surface area contributed by atoms with Crippen LogP contribution in [0.15, 0.2) is 72.8 Å². The Labute approximate surface area is 177 Å². The van der Waals surface area contributed by atoms with Gasteiger partial charge in [0.2, 0.25) is 5.91 Å². The van der Waals surface area contributed by atoms with E-state index in [0.717, 1.165) is 28.9 Å². The number of benzene rings is 3. The van der Waals surface area contributed by atoms with Crippen molar-refractivity contribution in [1.82, 2.24) is 5.32 Å². The van der Waals surface area contributed by atoms with Crippen molar-refractivity contribution < 1.29 is 14.3 Å². The van der Waals surface area contributed by atoms with E-state index in [1.54, 1.807) is 7.11 Å².